The SMILES string of the molecule is C[C@H](C(N)=O)[C@@H]1CCN(N)C1=O. The number of primary amides is 1. The Kier molecular flexibility index (Phi) is 2.32. The summed E-state index contributed by atoms with van der Waals surface area (Å²) in [7, 11) is 0. The molecule has 2 amide bonds. The van der Waals surface area contributed by atoms with Crippen LogP contribution in [-0.2, 0) is 9.59 Å². The van der Waals surface area contributed by atoms with Gasteiger partial charge in [0.15, 0.2) is 0 Å². The van der Waals surface area contributed by atoms with Gasteiger partial charge in [-0.1, -0.05) is 6.92 Å². The van der Waals surface area contributed by atoms with Crippen LogP contribution in [0.4, 0.5) is 0 Å². The standard InChI is InChI=1S/C7H13N3O2/c1-4(6(8)11)5-2-3-10(9)7(5)12/h4-5H,2-3,9H2,1H3,(H2,8,11)/t4-,5-/m0/s1. The lowest BCUT2D eigenvalue weighted by Gasteiger charge is -2.13. The van der Waals surface area contributed by atoms with Crippen LogP contribution in [0.1, 0.15) is 13.3 Å². The Bertz CT molecular complexity index is 217. The van der Waals surface area contributed by atoms with Crippen LogP contribution in [0, 0.1) is 11.8 Å². The summed E-state index contributed by atoms with van der Waals surface area (Å²) < 4.78 is 0. The lowest BCUT2D eigenvalue weighted by Crippen LogP contribution is -2.37. The summed E-state index contributed by atoms with van der Waals surface area (Å²) in [6.45, 7) is 2.17. The van der Waals surface area contributed by atoms with Crippen molar-refractivity contribution in [2.45, 2.75) is 13.3 Å². The molecule has 1 aliphatic rings. The third kappa shape index (κ3) is 1.40. The van der Waals surface area contributed by atoms with Gasteiger partial charge in [0.05, 0.1) is 5.92 Å². The van der Waals surface area contributed by atoms with E-state index in [1.807, 2.05) is 0 Å². The Morgan fingerprint density at radius 1 is 1.75 bits per heavy atom. The van der Waals surface area contributed by atoms with E-state index in [9.17, 15) is 9.59 Å². The molecule has 12 heavy (non-hydrogen) atoms. The van der Waals surface area contributed by atoms with E-state index in [1.54, 1.807) is 6.92 Å². The average molecular weight is 171 g/mol. The average Bonchev–Trinajstić information content (AvgIpc) is 2.32. The van der Waals surface area contributed by atoms with Crippen molar-refractivity contribution in [3.8, 4) is 0 Å². The second-order valence-electron chi connectivity index (χ2n) is 3.12. The summed E-state index contributed by atoms with van der Waals surface area (Å²) in [6.07, 6.45) is 0.624. The van der Waals surface area contributed by atoms with Gasteiger partial charge in [-0.15, -0.1) is 0 Å². The van der Waals surface area contributed by atoms with Crippen LogP contribution >= 0.6 is 0 Å². The van der Waals surface area contributed by atoms with Crippen LogP contribution in [0.2, 0.25) is 0 Å². The minimum atomic E-state index is -0.441. The van der Waals surface area contributed by atoms with Gasteiger partial charge in [0.2, 0.25) is 11.8 Å². The van der Waals surface area contributed by atoms with Crippen LogP contribution in [-0.4, -0.2) is 23.4 Å². The van der Waals surface area contributed by atoms with E-state index in [2.05, 4.69) is 0 Å². The van der Waals surface area contributed by atoms with Gasteiger partial charge in [0.25, 0.3) is 0 Å². The monoisotopic (exact) mass is 171 g/mol. The normalized spacial score (nSPS) is 26.0. The second kappa shape index (κ2) is 3.10. The first-order chi connectivity index (χ1) is 5.54. The Balaban J connectivity index is 2.65. The topological polar surface area (TPSA) is 89.4 Å². The fourth-order valence-corrected chi connectivity index (χ4v) is 1.39. The molecule has 0 aromatic rings. The van der Waals surface area contributed by atoms with Crippen molar-refractivity contribution in [3.05, 3.63) is 0 Å². The van der Waals surface area contributed by atoms with Crippen molar-refractivity contribution >= 4 is 11.8 Å². The van der Waals surface area contributed by atoms with E-state index >= 15 is 0 Å². The van der Waals surface area contributed by atoms with E-state index in [4.69, 9.17) is 11.6 Å². The van der Waals surface area contributed by atoms with Crippen molar-refractivity contribution in [2.24, 2.45) is 23.4 Å². The number of hydrogen-bond acceptors (Lipinski definition) is 3. The highest BCUT2D eigenvalue weighted by Crippen LogP contribution is 2.22. The highest BCUT2D eigenvalue weighted by Gasteiger charge is 2.36. The first-order valence-electron chi connectivity index (χ1n) is 3.89. The molecule has 5 heteroatoms. The Labute approximate surface area is 70.7 Å². The van der Waals surface area contributed by atoms with Crippen LogP contribution in [0.25, 0.3) is 0 Å². The molecule has 1 fully saturated rings. The smallest absolute Gasteiger partial charge is 0.240 e. The zero-order chi connectivity index (χ0) is 9.30. The molecule has 0 aromatic carbocycles. The van der Waals surface area contributed by atoms with Gasteiger partial charge in [-0.2, -0.15) is 0 Å². The number of carbonyl (C=O) groups is 2. The van der Waals surface area contributed by atoms with Crippen molar-refractivity contribution in [2.75, 3.05) is 6.54 Å². The minimum absolute atomic E-state index is 0.179. The van der Waals surface area contributed by atoms with E-state index in [0.29, 0.717) is 13.0 Å². The molecule has 0 aliphatic carbocycles. The zero-order valence-electron chi connectivity index (χ0n) is 6.99. The quantitative estimate of drug-likeness (QED) is 0.405. The second-order valence-corrected chi connectivity index (χ2v) is 3.12. The lowest BCUT2D eigenvalue weighted by atomic mass is 9.92. The summed E-state index contributed by atoms with van der Waals surface area (Å²) in [6, 6.07) is 0. The molecular formula is C7H13N3O2. The summed E-state index contributed by atoms with van der Waals surface area (Å²) in [4.78, 5) is 22.0. The van der Waals surface area contributed by atoms with Gasteiger partial charge in [0, 0.05) is 12.5 Å². The molecule has 68 valence electrons. The molecule has 0 radical (unpaired) electrons. The maximum atomic E-state index is 11.2. The maximum absolute atomic E-state index is 11.2. The van der Waals surface area contributed by atoms with Crippen LogP contribution in [0.5, 0.6) is 0 Å². The van der Waals surface area contributed by atoms with Crippen molar-refractivity contribution in [1.82, 2.24) is 5.01 Å². The number of nitrogens with two attached hydrogens (primary N) is 2. The van der Waals surface area contributed by atoms with E-state index in [1.165, 1.54) is 0 Å². The molecule has 0 saturated carbocycles. The van der Waals surface area contributed by atoms with Crippen LogP contribution < -0.4 is 11.6 Å². The Morgan fingerprint density at radius 3 is 2.67 bits per heavy atom. The predicted molar refractivity (Wildman–Crippen MR) is 42.4 cm³/mol. The maximum Gasteiger partial charge on any atom is 0.240 e. The van der Waals surface area contributed by atoms with Crippen LogP contribution in [0.15, 0.2) is 0 Å². The third-order valence-corrected chi connectivity index (χ3v) is 2.33. The van der Waals surface area contributed by atoms with Gasteiger partial charge in [-0.25, -0.2) is 5.84 Å². The molecular weight excluding hydrogens is 158 g/mol. The molecule has 1 heterocycles. The van der Waals surface area contributed by atoms with Crippen molar-refractivity contribution in [3.63, 3.8) is 0 Å². The molecule has 1 saturated heterocycles. The highest BCUT2D eigenvalue weighted by molar-refractivity contribution is 5.87. The highest BCUT2D eigenvalue weighted by atomic mass is 16.2. The first-order valence-corrected chi connectivity index (χ1v) is 3.89. The molecule has 1 rings (SSSR count). The van der Waals surface area contributed by atoms with E-state index < -0.39 is 11.8 Å². The van der Waals surface area contributed by atoms with Gasteiger partial charge < -0.3 is 5.73 Å². The summed E-state index contributed by atoms with van der Waals surface area (Å²) in [5, 5.41) is 1.14. The molecule has 0 aromatic heterocycles. The van der Waals surface area contributed by atoms with Gasteiger partial charge in [-0.05, 0) is 6.42 Å². The van der Waals surface area contributed by atoms with Crippen LogP contribution in [0.3, 0.4) is 0 Å². The largest absolute Gasteiger partial charge is 0.369 e. The van der Waals surface area contributed by atoms with E-state index in [-0.39, 0.29) is 11.8 Å². The molecule has 1 aliphatic heterocycles. The minimum Gasteiger partial charge on any atom is -0.369 e. The van der Waals surface area contributed by atoms with Gasteiger partial charge in [0.1, 0.15) is 0 Å². The first kappa shape index (κ1) is 8.99. The number of rotatable bonds is 2. The number of nitrogens with zero attached hydrogens (tertiary/aromatic N) is 1. The van der Waals surface area contributed by atoms with Crippen molar-refractivity contribution in [1.29, 1.82) is 0 Å². The summed E-state index contributed by atoms with van der Waals surface area (Å²) >= 11 is 0. The molecule has 4 N–H and O–H groups in total. The molecule has 2 atom stereocenters. The number of amides is 2. The molecule has 0 spiro atoms. The molecule has 5 nitrogen and oxygen atoms in total. The van der Waals surface area contributed by atoms with Gasteiger partial charge >= 0.3 is 0 Å². The fourth-order valence-electron chi connectivity index (χ4n) is 1.39. The van der Waals surface area contributed by atoms with E-state index in [0.717, 1.165) is 5.01 Å². The molecule has 0 bridgehead atoms. The lowest BCUT2D eigenvalue weighted by molar-refractivity contribution is -0.136. The summed E-state index contributed by atoms with van der Waals surface area (Å²) in [5.74, 6) is 3.99. The molecule has 0 unspecified atom stereocenters. The number of hydrazine groups is 1. The predicted octanol–water partition coefficient (Wildman–Crippen LogP) is -1.17. The summed E-state index contributed by atoms with van der Waals surface area (Å²) in [5.41, 5.74) is 5.07. The Morgan fingerprint density at radius 2 is 2.33 bits per heavy atom. The number of carbonyl (C=O) groups excluding carboxylic acids is 2. The van der Waals surface area contributed by atoms with Crippen molar-refractivity contribution < 1.29 is 9.59 Å². The third-order valence-electron chi connectivity index (χ3n) is 2.33. The van der Waals surface area contributed by atoms with Gasteiger partial charge in [-0.3, -0.25) is 14.6 Å². The number of hydrogen-bond donors (Lipinski definition) is 2. The zero-order valence-corrected chi connectivity index (χ0v) is 6.99. The fraction of sp³-hybridized carbons (Fsp3) is 0.714. The Hall–Kier alpha value is -1.10.